The van der Waals surface area contributed by atoms with E-state index in [4.69, 9.17) is 19.4 Å². The van der Waals surface area contributed by atoms with Gasteiger partial charge in [-0.2, -0.15) is 0 Å². The molecule has 8 bridgehead atoms. The highest BCUT2D eigenvalue weighted by atomic mass is 16.5. The van der Waals surface area contributed by atoms with Crippen LogP contribution in [0.15, 0.2) is 56.0 Å². The van der Waals surface area contributed by atoms with E-state index in [2.05, 4.69) is 38.7 Å². The van der Waals surface area contributed by atoms with Crippen molar-refractivity contribution < 1.29 is 28.7 Å². The van der Waals surface area contributed by atoms with E-state index in [1.165, 1.54) is 14.2 Å². The van der Waals surface area contributed by atoms with Crippen LogP contribution in [-0.2, 0) is 48.5 Å². The molecule has 0 saturated heterocycles. The zero-order valence-electron chi connectivity index (χ0n) is 34.6. The second kappa shape index (κ2) is 17.8. The first kappa shape index (κ1) is 41.8. The molecule has 14 heteroatoms. The van der Waals surface area contributed by atoms with Crippen molar-refractivity contribution >= 4 is 74.2 Å². The summed E-state index contributed by atoms with van der Waals surface area (Å²) in [6.45, 7) is 15.9. The number of esters is 2. The van der Waals surface area contributed by atoms with Gasteiger partial charge >= 0.3 is 11.9 Å². The molecular formula is C45H50N8O6. The Morgan fingerprint density at radius 1 is 0.797 bits per heavy atom. The largest absolute Gasteiger partial charge is 0.469 e. The molecule has 0 saturated carbocycles. The number of H-pyrrole nitrogens is 2. The van der Waals surface area contributed by atoms with Crippen LogP contribution in [0.2, 0.25) is 0 Å². The number of nitrogens with one attached hydrogen (secondary N) is 4. The minimum atomic E-state index is -0.970. The summed E-state index contributed by atoms with van der Waals surface area (Å²) in [4.78, 5) is 72.5. The summed E-state index contributed by atoms with van der Waals surface area (Å²) < 4.78 is 11.6. The van der Waals surface area contributed by atoms with Gasteiger partial charge in [0.2, 0.25) is 11.8 Å². The fourth-order valence-electron chi connectivity index (χ4n) is 7.50. The number of nitrogens with zero attached hydrogens (tertiary/aromatic N) is 4. The molecule has 4 N–H and O–H groups in total. The molecule has 4 aromatic rings. The van der Waals surface area contributed by atoms with E-state index in [0.29, 0.717) is 24.2 Å². The zero-order valence-corrected chi connectivity index (χ0v) is 34.6. The third-order valence-corrected chi connectivity index (χ3v) is 10.9. The molecule has 2 amide bonds. The van der Waals surface area contributed by atoms with Crippen LogP contribution >= 0.6 is 0 Å². The molecular weight excluding hydrogens is 749 g/mol. The van der Waals surface area contributed by atoms with Crippen molar-refractivity contribution in [2.75, 3.05) is 20.8 Å². The van der Waals surface area contributed by atoms with Gasteiger partial charge in [-0.1, -0.05) is 25.3 Å². The van der Waals surface area contributed by atoms with Crippen LogP contribution in [0.4, 0.5) is 0 Å². The van der Waals surface area contributed by atoms with E-state index in [9.17, 15) is 19.2 Å². The highest BCUT2D eigenvalue weighted by molar-refractivity contribution is 5.98. The van der Waals surface area contributed by atoms with Crippen molar-refractivity contribution in [1.29, 1.82) is 0 Å². The Balaban J connectivity index is 1.38. The van der Waals surface area contributed by atoms with Crippen LogP contribution < -0.4 is 10.6 Å². The second-order valence-corrected chi connectivity index (χ2v) is 14.7. The Hall–Kier alpha value is -6.83. The molecule has 4 aromatic heterocycles. The number of fused-ring (bicyclic) bond motifs is 8. The Labute approximate surface area is 342 Å². The Kier molecular flexibility index (Phi) is 12.6. The number of hydrogen-bond donors (Lipinski definition) is 4. The van der Waals surface area contributed by atoms with Crippen LogP contribution in [0.3, 0.4) is 0 Å². The molecule has 0 spiro atoms. The lowest BCUT2D eigenvalue weighted by molar-refractivity contribution is -0.145. The quantitative estimate of drug-likeness (QED) is 0.107. The summed E-state index contributed by atoms with van der Waals surface area (Å²) >= 11 is 0. The van der Waals surface area contributed by atoms with E-state index >= 15 is 0 Å². The lowest BCUT2D eigenvalue weighted by Crippen LogP contribution is -2.47. The number of carbonyl (C=O) groups is 4. The SMILES string of the molecule is C=CC1=C(C)c2cc3[nH]c(cc4nc(cc5[nH]c(cc1n2)c(C)c5C=C)C(C)=C4CCC(=O)OC)c(CCC(=O)NCC(=O)N[C@@H](Cc1cn(C)cn1)C(=O)OC)c3C. The lowest BCUT2D eigenvalue weighted by atomic mass is 10.00. The molecule has 0 unspecified atom stereocenters. The molecule has 6 rings (SSSR count). The van der Waals surface area contributed by atoms with E-state index in [1.54, 1.807) is 24.1 Å². The zero-order chi connectivity index (χ0) is 42.5. The Morgan fingerprint density at radius 2 is 1.46 bits per heavy atom. The molecule has 0 aromatic carbocycles. The molecule has 0 radical (unpaired) electrons. The van der Waals surface area contributed by atoms with Crippen LogP contribution in [0, 0.1) is 13.8 Å². The smallest absolute Gasteiger partial charge is 0.328 e. The fourth-order valence-corrected chi connectivity index (χ4v) is 7.50. The molecule has 59 heavy (non-hydrogen) atoms. The van der Waals surface area contributed by atoms with E-state index in [0.717, 1.165) is 83.7 Å². The summed E-state index contributed by atoms with van der Waals surface area (Å²) in [6.07, 6.45) is 8.09. The summed E-state index contributed by atoms with van der Waals surface area (Å²) in [5.41, 5.74) is 14.3. The van der Waals surface area contributed by atoms with E-state index in [1.807, 2.05) is 64.1 Å². The summed E-state index contributed by atoms with van der Waals surface area (Å²) in [5.74, 6) is -1.84. The van der Waals surface area contributed by atoms with Crippen LogP contribution in [-0.4, -0.2) is 80.0 Å². The van der Waals surface area contributed by atoms with Gasteiger partial charge in [0.1, 0.15) is 6.04 Å². The molecule has 0 fully saturated rings. The third-order valence-electron chi connectivity index (χ3n) is 10.9. The number of hydrogen-bond acceptors (Lipinski definition) is 9. The standard InChI is InChI=1S/C45H50N8O6/c1-10-29-24(3)33-17-34-26(5)31(12-14-42(54)46-21-43(55)52-41(45(57)59-9)16-28-22-53(7)23-47-28)39(50-34)20-40-32(13-15-44(56)58-8)27(6)36(51-40)19-38-30(11-2)25(4)35(49-38)18-37(29)48-33/h10-11,17-20,22-23,41,49-50H,1-2,12-16,21H2,3-9H3,(H,46,54)(H,52,55)/t41-/m0/s1. The average Bonchev–Trinajstić information content (AvgIpc) is 3.99. The van der Waals surface area contributed by atoms with Gasteiger partial charge in [-0.15, -0.1) is 0 Å². The molecule has 14 nitrogen and oxygen atoms in total. The fraction of sp³-hybridized carbons (Fsp3) is 0.311. The van der Waals surface area contributed by atoms with Gasteiger partial charge in [0.05, 0.1) is 55.6 Å². The van der Waals surface area contributed by atoms with Gasteiger partial charge in [0.15, 0.2) is 0 Å². The first-order valence-electron chi connectivity index (χ1n) is 19.3. The molecule has 6 heterocycles. The van der Waals surface area contributed by atoms with Crippen LogP contribution in [0.25, 0.3) is 50.4 Å². The number of aryl methyl sites for hydroxylation is 4. The molecule has 2 aliphatic heterocycles. The highest BCUT2D eigenvalue weighted by Gasteiger charge is 2.24. The van der Waals surface area contributed by atoms with Crippen molar-refractivity contribution in [3.05, 3.63) is 107 Å². The van der Waals surface area contributed by atoms with E-state index < -0.39 is 17.9 Å². The van der Waals surface area contributed by atoms with Crippen molar-refractivity contribution in [3.63, 3.8) is 0 Å². The van der Waals surface area contributed by atoms with Gasteiger partial charge in [0.25, 0.3) is 0 Å². The van der Waals surface area contributed by atoms with E-state index in [-0.39, 0.29) is 37.7 Å². The molecule has 1 atom stereocenters. The second-order valence-electron chi connectivity index (χ2n) is 14.7. The maximum Gasteiger partial charge on any atom is 0.328 e. The van der Waals surface area contributed by atoms with Gasteiger partial charge in [-0.05, 0) is 98.2 Å². The highest BCUT2D eigenvalue weighted by Crippen LogP contribution is 2.36. The number of ether oxygens (including phenoxy) is 2. The molecule has 2 aliphatic rings. The topological polar surface area (TPSA) is 186 Å². The maximum atomic E-state index is 13.3. The number of amides is 2. The van der Waals surface area contributed by atoms with Gasteiger partial charge < -0.3 is 34.6 Å². The predicted molar refractivity (Wildman–Crippen MR) is 229 cm³/mol. The number of imidazole rings is 1. The van der Waals surface area contributed by atoms with Crippen LogP contribution in [0.5, 0.6) is 0 Å². The van der Waals surface area contributed by atoms with Crippen molar-refractivity contribution in [2.24, 2.45) is 7.05 Å². The first-order chi connectivity index (χ1) is 28.2. The average molecular weight is 799 g/mol. The Morgan fingerprint density at radius 3 is 2.14 bits per heavy atom. The number of aromatic nitrogens is 6. The van der Waals surface area contributed by atoms with Crippen molar-refractivity contribution in [3.8, 4) is 0 Å². The molecule has 0 aliphatic carbocycles. The number of aromatic amines is 2. The van der Waals surface area contributed by atoms with Crippen molar-refractivity contribution in [2.45, 2.75) is 65.8 Å². The minimum absolute atomic E-state index is 0.0638. The number of carbonyl (C=O) groups excluding carboxylic acids is 4. The first-order valence-corrected chi connectivity index (χ1v) is 19.3. The van der Waals surface area contributed by atoms with Crippen LogP contribution in [0.1, 0.15) is 83.8 Å². The number of rotatable bonds is 14. The van der Waals surface area contributed by atoms with Crippen molar-refractivity contribution in [1.82, 2.24) is 40.1 Å². The van der Waals surface area contributed by atoms with Gasteiger partial charge in [-0.3, -0.25) is 14.4 Å². The number of methoxy groups -OCH3 is 2. The third kappa shape index (κ3) is 9.01. The van der Waals surface area contributed by atoms with Gasteiger partial charge in [-0.25, -0.2) is 19.7 Å². The minimum Gasteiger partial charge on any atom is -0.469 e. The van der Waals surface area contributed by atoms with Gasteiger partial charge in [0, 0.05) is 65.7 Å². The summed E-state index contributed by atoms with van der Waals surface area (Å²) in [6, 6.07) is 7.01. The number of allylic oxidation sites excluding steroid dienone is 5. The maximum absolute atomic E-state index is 13.3. The normalized spacial score (nSPS) is 12.9. The monoisotopic (exact) mass is 798 g/mol. The predicted octanol–water partition coefficient (Wildman–Crippen LogP) is 6.26. The summed E-state index contributed by atoms with van der Waals surface area (Å²) in [5, 5.41) is 5.34. The summed E-state index contributed by atoms with van der Waals surface area (Å²) in [7, 11) is 4.42. The lowest BCUT2D eigenvalue weighted by Gasteiger charge is -2.15. The molecule has 306 valence electrons. The Bertz CT molecular complexity index is 2620.